The van der Waals surface area contributed by atoms with E-state index in [0.29, 0.717) is 5.02 Å². The van der Waals surface area contributed by atoms with Crippen molar-refractivity contribution in [1.82, 2.24) is 4.98 Å². The Bertz CT molecular complexity index is 556. The minimum atomic E-state index is 0.0375. The Morgan fingerprint density at radius 1 is 1.37 bits per heavy atom. The van der Waals surface area contributed by atoms with E-state index in [1.165, 1.54) is 41.0 Å². The van der Waals surface area contributed by atoms with Crippen molar-refractivity contribution in [2.45, 2.75) is 38.1 Å². The van der Waals surface area contributed by atoms with Crippen LogP contribution in [0.5, 0.6) is 0 Å². The first-order valence-corrected chi connectivity index (χ1v) is 7.89. The summed E-state index contributed by atoms with van der Waals surface area (Å²) in [4.78, 5) is 6.84. The zero-order valence-corrected chi connectivity index (χ0v) is 12.3. The van der Waals surface area contributed by atoms with Gasteiger partial charge in [0.1, 0.15) is 0 Å². The quantitative estimate of drug-likeness (QED) is 0.931. The molecule has 2 nitrogen and oxygen atoms in total. The smallest absolute Gasteiger partial charge is 0.0622 e. The summed E-state index contributed by atoms with van der Waals surface area (Å²) in [7, 11) is 0. The minimum Gasteiger partial charge on any atom is -0.323 e. The van der Waals surface area contributed by atoms with Gasteiger partial charge in [-0.1, -0.05) is 11.6 Å². The molecule has 19 heavy (non-hydrogen) atoms. The molecule has 0 bridgehead atoms. The number of rotatable bonds is 3. The highest BCUT2D eigenvalue weighted by atomic mass is 35.5. The molecule has 1 atom stereocenters. The molecule has 0 saturated heterocycles. The molecule has 0 saturated carbocycles. The maximum absolute atomic E-state index is 6.34. The standard InChI is InChI=1S/C15H17ClN2S/c16-12-9-18-6-5-10(12)7-13(17)15-8-11-3-1-2-4-14(11)19-15/h5-6,8-9,13H,1-4,7,17H2. The summed E-state index contributed by atoms with van der Waals surface area (Å²) < 4.78 is 0. The third-order valence-electron chi connectivity index (χ3n) is 3.68. The van der Waals surface area contributed by atoms with Crippen LogP contribution in [0.2, 0.25) is 5.02 Å². The summed E-state index contributed by atoms with van der Waals surface area (Å²) in [6.07, 6.45) is 9.31. The van der Waals surface area contributed by atoms with Gasteiger partial charge in [-0.3, -0.25) is 4.98 Å². The van der Waals surface area contributed by atoms with Gasteiger partial charge < -0.3 is 5.73 Å². The molecule has 3 rings (SSSR count). The van der Waals surface area contributed by atoms with Crippen LogP contribution in [-0.2, 0) is 19.3 Å². The van der Waals surface area contributed by atoms with Crippen molar-refractivity contribution in [1.29, 1.82) is 0 Å². The maximum Gasteiger partial charge on any atom is 0.0622 e. The van der Waals surface area contributed by atoms with Gasteiger partial charge in [-0.25, -0.2) is 0 Å². The molecule has 2 N–H and O–H groups in total. The lowest BCUT2D eigenvalue weighted by atomic mass is 9.98. The molecule has 0 spiro atoms. The zero-order valence-electron chi connectivity index (χ0n) is 10.7. The number of hydrogen-bond acceptors (Lipinski definition) is 3. The van der Waals surface area contributed by atoms with Crippen molar-refractivity contribution < 1.29 is 0 Å². The molecule has 0 radical (unpaired) electrons. The van der Waals surface area contributed by atoms with Gasteiger partial charge in [0.15, 0.2) is 0 Å². The number of hydrogen-bond donors (Lipinski definition) is 1. The Morgan fingerprint density at radius 2 is 2.21 bits per heavy atom. The molecule has 0 amide bonds. The molecule has 100 valence electrons. The van der Waals surface area contributed by atoms with Crippen LogP contribution in [0.15, 0.2) is 24.5 Å². The monoisotopic (exact) mass is 292 g/mol. The highest BCUT2D eigenvalue weighted by molar-refractivity contribution is 7.12. The van der Waals surface area contributed by atoms with Gasteiger partial charge in [-0.05, 0) is 55.4 Å². The summed E-state index contributed by atoms with van der Waals surface area (Å²) >= 11 is 8.03. The maximum atomic E-state index is 6.34. The Balaban J connectivity index is 1.79. The van der Waals surface area contributed by atoms with Crippen LogP contribution in [-0.4, -0.2) is 4.98 Å². The Labute approximate surface area is 122 Å². The number of pyridine rings is 1. The first-order valence-electron chi connectivity index (χ1n) is 6.69. The lowest BCUT2D eigenvalue weighted by molar-refractivity contribution is 0.695. The van der Waals surface area contributed by atoms with Crippen LogP contribution in [0, 0.1) is 0 Å². The molecule has 1 aliphatic rings. The molecule has 0 fully saturated rings. The summed E-state index contributed by atoms with van der Waals surface area (Å²) in [6, 6.07) is 4.30. The first-order chi connectivity index (χ1) is 9.24. The normalized spacial score (nSPS) is 16.1. The molecular weight excluding hydrogens is 276 g/mol. The van der Waals surface area contributed by atoms with Crippen LogP contribution in [0.25, 0.3) is 0 Å². The van der Waals surface area contributed by atoms with Crippen LogP contribution in [0.4, 0.5) is 0 Å². The molecule has 0 aliphatic heterocycles. The molecule has 1 aliphatic carbocycles. The van der Waals surface area contributed by atoms with Gasteiger partial charge in [0.05, 0.1) is 5.02 Å². The SMILES string of the molecule is NC(Cc1ccncc1Cl)c1cc2c(s1)CCCC2. The second-order valence-electron chi connectivity index (χ2n) is 5.08. The van der Waals surface area contributed by atoms with Crippen molar-refractivity contribution in [3.63, 3.8) is 0 Å². The predicted molar refractivity (Wildman–Crippen MR) is 80.8 cm³/mol. The van der Waals surface area contributed by atoms with E-state index in [0.717, 1.165) is 12.0 Å². The van der Waals surface area contributed by atoms with E-state index in [1.807, 2.05) is 17.4 Å². The Kier molecular flexibility index (Phi) is 3.87. The van der Waals surface area contributed by atoms with Crippen LogP contribution in [0.1, 0.15) is 39.8 Å². The predicted octanol–water partition coefficient (Wildman–Crippen LogP) is 3.92. The fourth-order valence-electron chi connectivity index (χ4n) is 2.60. The van der Waals surface area contributed by atoms with E-state index < -0.39 is 0 Å². The van der Waals surface area contributed by atoms with Crippen molar-refractivity contribution >= 4 is 22.9 Å². The van der Waals surface area contributed by atoms with E-state index in [1.54, 1.807) is 12.4 Å². The largest absolute Gasteiger partial charge is 0.323 e. The molecule has 1 unspecified atom stereocenters. The molecule has 0 aromatic carbocycles. The Morgan fingerprint density at radius 3 is 3.00 bits per heavy atom. The summed E-state index contributed by atoms with van der Waals surface area (Å²) in [5.41, 5.74) is 8.93. The molecule has 2 heterocycles. The number of fused-ring (bicyclic) bond motifs is 1. The van der Waals surface area contributed by atoms with E-state index in [9.17, 15) is 0 Å². The second-order valence-corrected chi connectivity index (χ2v) is 6.66. The molecule has 2 aromatic rings. The third kappa shape index (κ3) is 2.83. The number of halogens is 1. The molecule has 2 aromatic heterocycles. The number of nitrogens with zero attached hydrogens (tertiary/aromatic N) is 1. The average Bonchev–Trinajstić information content (AvgIpc) is 2.85. The van der Waals surface area contributed by atoms with E-state index in [-0.39, 0.29) is 6.04 Å². The first kappa shape index (κ1) is 13.1. The fourth-order valence-corrected chi connectivity index (χ4v) is 4.06. The lowest BCUT2D eigenvalue weighted by Gasteiger charge is -2.10. The van der Waals surface area contributed by atoms with Gasteiger partial charge in [-0.2, -0.15) is 0 Å². The summed E-state index contributed by atoms with van der Waals surface area (Å²) in [5, 5.41) is 0.708. The van der Waals surface area contributed by atoms with E-state index in [2.05, 4.69) is 11.1 Å². The van der Waals surface area contributed by atoms with E-state index >= 15 is 0 Å². The summed E-state index contributed by atoms with van der Waals surface area (Å²) in [5.74, 6) is 0. The van der Waals surface area contributed by atoms with Gasteiger partial charge in [0, 0.05) is 28.2 Å². The zero-order chi connectivity index (χ0) is 13.2. The number of nitrogens with two attached hydrogens (primary N) is 1. The fraction of sp³-hybridized carbons (Fsp3) is 0.400. The van der Waals surface area contributed by atoms with Gasteiger partial charge in [0.25, 0.3) is 0 Å². The van der Waals surface area contributed by atoms with Crippen molar-refractivity contribution in [2.75, 3.05) is 0 Å². The average molecular weight is 293 g/mol. The van der Waals surface area contributed by atoms with Gasteiger partial charge in [0.2, 0.25) is 0 Å². The molecule has 4 heteroatoms. The van der Waals surface area contributed by atoms with Gasteiger partial charge in [-0.15, -0.1) is 11.3 Å². The van der Waals surface area contributed by atoms with Crippen LogP contribution < -0.4 is 5.73 Å². The number of aryl methyl sites for hydroxylation is 2. The van der Waals surface area contributed by atoms with E-state index in [4.69, 9.17) is 17.3 Å². The lowest BCUT2D eigenvalue weighted by Crippen LogP contribution is -2.12. The van der Waals surface area contributed by atoms with Crippen LogP contribution >= 0.6 is 22.9 Å². The Hall–Kier alpha value is -0.900. The summed E-state index contributed by atoms with van der Waals surface area (Å²) in [6.45, 7) is 0. The van der Waals surface area contributed by atoms with Crippen LogP contribution in [0.3, 0.4) is 0 Å². The number of aromatic nitrogens is 1. The molecular formula is C15H17ClN2S. The van der Waals surface area contributed by atoms with Crippen molar-refractivity contribution in [2.24, 2.45) is 5.73 Å². The van der Waals surface area contributed by atoms with Crippen molar-refractivity contribution in [3.05, 3.63) is 50.4 Å². The van der Waals surface area contributed by atoms with Gasteiger partial charge >= 0.3 is 0 Å². The topological polar surface area (TPSA) is 38.9 Å². The van der Waals surface area contributed by atoms with Crippen molar-refractivity contribution in [3.8, 4) is 0 Å². The second kappa shape index (κ2) is 5.61. The third-order valence-corrected chi connectivity index (χ3v) is 5.39. The number of thiophene rings is 1. The minimum absolute atomic E-state index is 0.0375. The highest BCUT2D eigenvalue weighted by Crippen LogP contribution is 2.33. The highest BCUT2D eigenvalue weighted by Gasteiger charge is 2.17.